The molecule has 0 saturated carbocycles. The number of hydrogen-bond acceptors (Lipinski definition) is 7. The molecule has 1 aliphatic rings. The summed E-state index contributed by atoms with van der Waals surface area (Å²) in [6.45, 7) is 0. The summed E-state index contributed by atoms with van der Waals surface area (Å²) in [5.41, 5.74) is 1.96. The van der Waals surface area contributed by atoms with Crippen molar-refractivity contribution in [3.05, 3.63) is 67.2 Å². The molecule has 4 aromatic rings. The lowest BCUT2D eigenvalue weighted by atomic mass is 9.94. The maximum atomic E-state index is 12.5. The maximum Gasteiger partial charge on any atom is 0.288 e. The fourth-order valence-corrected chi connectivity index (χ4v) is 4.39. The van der Waals surface area contributed by atoms with Crippen molar-refractivity contribution in [1.82, 2.24) is 30.4 Å². The lowest BCUT2D eigenvalue weighted by Gasteiger charge is -2.28. The van der Waals surface area contributed by atoms with Gasteiger partial charge < -0.3 is 5.32 Å². The molecule has 0 unspecified atom stereocenters. The van der Waals surface area contributed by atoms with Crippen LogP contribution < -0.4 is 10.9 Å². The molecule has 0 bridgehead atoms. The van der Waals surface area contributed by atoms with Gasteiger partial charge in [0.1, 0.15) is 17.4 Å². The Labute approximate surface area is 165 Å². The van der Waals surface area contributed by atoms with Crippen molar-refractivity contribution in [2.24, 2.45) is 0 Å². The van der Waals surface area contributed by atoms with E-state index in [0.717, 1.165) is 4.88 Å². The minimum atomic E-state index is -0.539. The second kappa shape index (κ2) is 6.15. The van der Waals surface area contributed by atoms with Gasteiger partial charge in [-0.1, -0.05) is 40.4 Å². The topological polar surface area (TPSA) is 101 Å². The van der Waals surface area contributed by atoms with Crippen LogP contribution in [0.5, 0.6) is 0 Å². The van der Waals surface area contributed by atoms with Gasteiger partial charge in [0, 0.05) is 21.2 Å². The molecule has 2 N–H and O–H groups in total. The second-order valence-electron chi connectivity index (χ2n) is 5.81. The highest BCUT2D eigenvalue weighted by atomic mass is 35.5. The first-order valence-electron chi connectivity index (χ1n) is 7.80. The second-order valence-corrected chi connectivity index (χ2v) is 7.60. The van der Waals surface area contributed by atoms with Crippen molar-refractivity contribution in [3.8, 4) is 10.6 Å². The van der Waals surface area contributed by atoms with Crippen LogP contribution in [0.2, 0.25) is 10.0 Å². The predicted molar refractivity (Wildman–Crippen MR) is 103 cm³/mol. The number of thiophene rings is 1. The number of benzene rings is 1. The Hall–Kier alpha value is -2.75. The number of anilines is 2. The monoisotopic (exact) mass is 417 g/mol. The fourth-order valence-electron chi connectivity index (χ4n) is 3.15. The van der Waals surface area contributed by atoms with Gasteiger partial charge in [0.25, 0.3) is 5.56 Å². The smallest absolute Gasteiger partial charge is 0.288 e. The summed E-state index contributed by atoms with van der Waals surface area (Å²) < 4.78 is 1.58. The van der Waals surface area contributed by atoms with Crippen LogP contribution in [0.4, 0.5) is 11.6 Å². The van der Waals surface area contributed by atoms with Crippen molar-refractivity contribution in [1.29, 1.82) is 0 Å². The van der Waals surface area contributed by atoms with Gasteiger partial charge in [-0.25, -0.2) is 5.10 Å². The Morgan fingerprint density at radius 1 is 1.22 bits per heavy atom. The molecule has 3 aromatic heterocycles. The Morgan fingerprint density at radius 3 is 2.89 bits per heavy atom. The highest BCUT2D eigenvalue weighted by Crippen LogP contribution is 2.43. The van der Waals surface area contributed by atoms with Crippen molar-refractivity contribution in [3.63, 3.8) is 0 Å². The normalized spacial score (nSPS) is 15.1. The summed E-state index contributed by atoms with van der Waals surface area (Å²) in [6.07, 6.45) is 0. The van der Waals surface area contributed by atoms with Crippen molar-refractivity contribution >= 4 is 46.2 Å². The third-order valence-electron chi connectivity index (χ3n) is 4.28. The van der Waals surface area contributed by atoms with Crippen LogP contribution in [-0.2, 0) is 0 Å². The number of rotatable bonds is 2. The number of hydrogen-bond donors (Lipinski definition) is 2. The first-order valence-corrected chi connectivity index (χ1v) is 9.43. The van der Waals surface area contributed by atoms with Gasteiger partial charge in [-0.15, -0.1) is 11.3 Å². The molecule has 0 amide bonds. The fraction of sp³-hybridized carbons (Fsp3) is 0.0625. The minimum absolute atomic E-state index is 0.340. The predicted octanol–water partition coefficient (Wildman–Crippen LogP) is 3.49. The van der Waals surface area contributed by atoms with Crippen LogP contribution in [0.3, 0.4) is 0 Å². The molecule has 0 radical (unpaired) electrons. The van der Waals surface area contributed by atoms with Crippen LogP contribution >= 0.6 is 34.5 Å². The Balaban J connectivity index is 1.86. The number of halogens is 2. The van der Waals surface area contributed by atoms with Crippen molar-refractivity contribution in [2.45, 2.75) is 6.04 Å². The lowest BCUT2D eigenvalue weighted by Crippen LogP contribution is -2.29. The number of H-pyrrole nitrogens is 1. The quantitative estimate of drug-likeness (QED) is 0.455. The highest BCUT2D eigenvalue weighted by molar-refractivity contribution is 7.13. The van der Waals surface area contributed by atoms with Crippen LogP contribution in [0, 0.1) is 0 Å². The first-order chi connectivity index (χ1) is 13.1. The van der Waals surface area contributed by atoms with E-state index in [1.807, 2.05) is 17.5 Å². The number of aromatic nitrogens is 6. The van der Waals surface area contributed by atoms with Gasteiger partial charge in [-0.2, -0.15) is 9.78 Å². The average molecular weight is 418 g/mol. The SMILES string of the molecule is O=c1[nH]nc(-c2cccs2)c2c1Nc1nnnn1[C@H]2c1ccc(Cl)cc1Cl. The third-order valence-corrected chi connectivity index (χ3v) is 5.72. The number of aromatic amines is 1. The van der Waals surface area contributed by atoms with Crippen molar-refractivity contribution in [2.75, 3.05) is 5.32 Å². The van der Waals surface area contributed by atoms with Gasteiger partial charge in [0.05, 0.1) is 4.88 Å². The molecule has 134 valence electrons. The molecular formula is C16H9Cl2N7OS. The van der Waals surface area contributed by atoms with Gasteiger partial charge in [-0.05, 0) is 34.0 Å². The van der Waals surface area contributed by atoms with E-state index in [2.05, 4.69) is 31.0 Å². The van der Waals surface area contributed by atoms with Gasteiger partial charge in [0.2, 0.25) is 5.95 Å². The molecular weight excluding hydrogens is 409 g/mol. The van der Waals surface area contributed by atoms with E-state index >= 15 is 0 Å². The molecule has 8 nitrogen and oxygen atoms in total. The molecule has 0 fully saturated rings. The van der Waals surface area contributed by atoms with E-state index in [9.17, 15) is 4.79 Å². The molecule has 1 aliphatic heterocycles. The van der Waals surface area contributed by atoms with Crippen LogP contribution in [0.15, 0.2) is 40.5 Å². The molecule has 0 aliphatic carbocycles. The first kappa shape index (κ1) is 16.4. The summed E-state index contributed by atoms with van der Waals surface area (Å²) in [6, 6.07) is 8.50. The van der Waals surface area contributed by atoms with E-state index in [-0.39, 0.29) is 5.56 Å². The number of fused-ring (bicyclic) bond motifs is 2. The summed E-state index contributed by atoms with van der Waals surface area (Å²) >= 11 is 14.1. The molecule has 5 rings (SSSR count). The highest BCUT2D eigenvalue weighted by Gasteiger charge is 2.35. The molecule has 11 heteroatoms. The van der Waals surface area contributed by atoms with E-state index in [1.165, 1.54) is 11.3 Å². The van der Waals surface area contributed by atoms with E-state index < -0.39 is 6.04 Å². The van der Waals surface area contributed by atoms with Gasteiger partial charge in [-0.3, -0.25) is 4.79 Å². The zero-order chi connectivity index (χ0) is 18.5. The summed E-state index contributed by atoms with van der Waals surface area (Å²) in [4.78, 5) is 13.4. The zero-order valence-corrected chi connectivity index (χ0v) is 15.7. The summed E-state index contributed by atoms with van der Waals surface area (Å²) in [5, 5.41) is 24.5. The van der Waals surface area contributed by atoms with Crippen LogP contribution in [0.1, 0.15) is 17.2 Å². The summed E-state index contributed by atoms with van der Waals surface area (Å²) in [7, 11) is 0. The van der Waals surface area contributed by atoms with E-state index in [4.69, 9.17) is 23.2 Å². The summed E-state index contributed by atoms with van der Waals surface area (Å²) in [5.74, 6) is 0.340. The number of nitrogens with zero attached hydrogens (tertiary/aromatic N) is 5. The van der Waals surface area contributed by atoms with Gasteiger partial charge >= 0.3 is 0 Å². The minimum Gasteiger partial charge on any atom is -0.318 e. The zero-order valence-electron chi connectivity index (χ0n) is 13.3. The molecule has 1 atom stereocenters. The average Bonchev–Trinajstić information content (AvgIpc) is 3.33. The van der Waals surface area contributed by atoms with Gasteiger partial charge in [0.15, 0.2) is 0 Å². The molecule has 0 saturated heterocycles. The molecule has 4 heterocycles. The Morgan fingerprint density at radius 2 is 2.11 bits per heavy atom. The molecule has 0 spiro atoms. The standard InChI is InChI=1S/C16H9Cl2N7OS/c17-7-3-4-8(9(18)6-7)14-11-12(10-2-1-5-27-10)20-21-15(26)13(11)19-16-22-23-24-25(14)16/h1-6,14H,(H,21,26)(H,19,22,24)/t14-/m0/s1. The van der Waals surface area contributed by atoms with Crippen LogP contribution in [0.25, 0.3) is 10.6 Å². The molecule has 1 aromatic carbocycles. The largest absolute Gasteiger partial charge is 0.318 e. The number of tetrazole rings is 1. The van der Waals surface area contributed by atoms with E-state index in [0.29, 0.717) is 38.5 Å². The lowest BCUT2D eigenvalue weighted by molar-refractivity contribution is 0.568. The number of nitrogens with one attached hydrogen (secondary N) is 2. The Kier molecular flexibility index (Phi) is 3.74. The molecule has 27 heavy (non-hydrogen) atoms. The third kappa shape index (κ3) is 2.54. The van der Waals surface area contributed by atoms with E-state index in [1.54, 1.807) is 22.9 Å². The van der Waals surface area contributed by atoms with Crippen LogP contribution in [-0.4, -0.2) is 30.4 Å². The van der Waals surface area contributed by atoms with Crippen molar-refractivity contribution < 1.29 is 0 Å². The maximum absolute atomic E-state index is 12.5. The Bertz CT molecular complexity index is 1220.